The average Bonchev–Trinajstić information content (AvgIpc) is 2.22. The zero-order chi connectivity index (χ0) is 11.9. The number of aliphatic hydroxyl groups excluding tert-OH is 1. The van der Waals surface area contributed by atoms with Gasteiger partial charge in [0.15, 0.2) is 0 Å². The van der Waals surface area contributed by atoms with Gasteiger partial charge in [-0.15, -0.1) is 0 Å². The second kappa shape index (κ2) is 3.87. The fraction of sp³-hybridized carbons (Fsp3) is 0.357. The van der Waals surface area contributed by atoms with Gasteiger partial charge in [0, 0.05) is 11.1 Å². The van der Waals surface area contributed by atoms with E-state index in [9.17, 15) is 5.11 Å². The number of hydrogen-bond acceptors (Lipinski definition) is 2. The second-order valence-corrected chi connectivity index (χ2v) is 4.45. The van der Waals surface area contributed by atoms with E-state index < -0.39 is 6.10 Å². The highest BCUT2D eigenvalue weighted by Crippen LogP contribution is 2.28. The Hall–Kier alpha value is -1.41. The van der Waals surface area contributed by atoms with Gasteiger partial charge in [-0.2, -0.15) is 0 Å². The van der Waals surface area contributed by atoms with Crippen molar-refractivity contribution >= 4 is 10.9 Å². The molecule has 0 radical (unpaired) electrons. The quantitative estimate of drug-likeness (QED) is 0.792. The molecular weight excluding hydrogens is 198 g/mol. The molecule has 0 saturated carbocycles. The Kier molecular flexibility index (Phi) is 2.68. The van der Waals surface area contributed by atoms with Gasteiger partial charge < -0.3 is 5.11 Å². The normalized spacial score (nSPS) is 13.1. The number of aliphatic hydroxyl groups is 1. The Bertz CT molecular complexity index is 544. The van der Waals surface area contributed by atoms with E-state index >= 15 is 0 Å². The summed E-state index contributed by atoms with van der Waals surface area (Å²) in [4.78, 5) is 4.57. The van der Waals surface area contributed by atoms with E-state index in [0.717, 1.165) is 27.7 Å². The Morgan fingerprint density at radius 3 is 2.38 bits per heavy atom. The van der Waals surface area contributed by atoms with Gasteiger partial charge in [0.25, 0.3) is 0 Å². The summed E-state index contributed by atoms with van der Waals surface area (Å²) >= 11 is 0. The Morgan fingerprint density at radius 2 is 1.75 bits per heavy atom. The van der Waals surface area contributed by atoms with E-state index in [1.165, 1.54) is 5.56 Å². The molecule has 0 fully saturated rings. The van der Waals surface area contributed by atoms with Gasteiger partial charge in [-0.3, -0.25) is 4.98 Å². The summed E-state index contributed by atoms with van der Waals surface area (Å²) in [5.41, 5.74) is 5.27. The first kappa shape index (κ1) is 11.1. The molecular formula is C14H17NO. The molecule has 84 valence electrons. The number of hydrogen-bond donors (Lipinski definition) is 1. The fourth-order valence-corrected chi connectivity index (χ4v) is 2.14. The van der Waals surface area contributed by atoms with Crippen molar-refractivity contribution in [1.82, 2.24) is 4.98 Å². The summed E-state index contributed by atoms with van der Waals surface area (Å²) in [5, 5.41) is 10.9. The van der Waals surface area contributed by atoms with Crippen molar-refractivity contribution in [3.05, 3.63) is 40.6 Å². The zero-order valence-electron chi connectivity index (χ0n) is 10.2. The monoisotopic (exact) mass is 215 g/mol. The first-order chi connectivity index (χ1) is 7.50. The summed E-state index contributed by atoms with van der Waals surface area (Å²) in [5.74, 6) is 0. The minimum absolute atomic E-state index is 0.454. The molecule has 0 amide bonds. The summed E-state index contributed by atoms with van der Waals surface area (Å²) in [6.45, 7) is 7.88. The van der Waals surface area contributed by atoms with E-state index in [4.69, 9.17) is 0 Å². The maximum Gasteiger partial charge on any atom is 0.0769 e. The van der Waals surface area contributed by atoms with Gasteiger partial charge in [0.2, 0.25) is 0 Å². The molecule has 0 saturated heterocycles. The molecule has 0 aliphatic carbocycles. The predicted molar refractivity (Wildman–Crippen MR) is 66.6 cm³/mol. The van der Waals surface area contributed by atoms with Crippen LogP contribution in [-0.4, -0.2) is 10.1 Å². The van der Waals surface area contributed by atoms with E-state index in [2.05, 4.69) is 31.0 Å². The third-order valence-electron chi connectivity index (χ3n) is 2.98. The number of aryl methyl sites for hydroxylation is 3. The minimum Gasteiger partial charge on any atom is -0.389 e. The molecule has 2 rings (SSSR count). The lowest BCUT2D eigenvalue weighted by Crippen LogP contribution is -1.99. The smallest absolute Gasteiger partial charge is 0.0769 e. The van der Waals surface area contributed by atoms with Crippen LogP contribution < -0.4 is 0 Å². The number of fused-ring (bicyclic) bond motifs is 1. The molecule has 16 heavy (non-hydrogen) atoms. The first-order valence-corrected chi connectivity index (χ1v) is 5.56. The van der Waals surface area contributed by atoms with Crippen LogP contribution >= 0.6 is 0 Å². The molecule has 0 aliphatic rings. The average molecular weight is 215 g/mol. The minimum atomic E-state index is -0.454. The zero-order valence-corrected chi connectivity index (χ0v) is 10.2. The van der Waals surface area contributed by atoms with Crippen LogP contribution in [-0.2, 0) is 0 Å². The molecule has 1 unspecified atom stereocenters. The van der Waals surface area contributed by atoms with Crippen molar-refractivity contribution < 1.29 is 5.11 Å². The van der Waals surface area contributed by atoms with E-state index in [0.29, 0.717) is 0 Å². The molecule has 1 aromatic heterocycles. The Balaban J connectivity index is 2.95. The number of pyridine rings is 1. The lowest BCUT2D eigenvalue weighted by atomic mass is 9.97. The summed E-state index contributed by atoms with van der Waals surface area (Å²) in [6.07, 6.45) is -0.454. The van der Waals surface area contributed by atoms with Crippen molar-refractivity contribution in [2.75, 3.05) is 0 Å². The molecule has 0 aliphatic heterocycles. The summed E-state index contributed by atoms with van der Waals surface area (Å²) in [7, 11) is 0. The van der Waals surface area contributed by atoms with Crippen molar-refractivity contribution in [2.24, 2.45) is 0 Å². The summed E-state index contributed by atoms with van der Waals surface area (Å²) < 4.78 is 0. The van der Waals surface area contributed by atoms with E-state index in [1.807, 2.05) is 13.0 Å². The molecule has 1 N–H and O–H groups in total. The Labute approximate surface area is 96.0 Å². The number of benzene rings is 1. The van der Waals surface area contributed by atoms with Gasteiger partial charge in [-0.25, -0.2) is 0 Å². The molecule has 1 heterocycles. The molecule has 2 heteroatoms. The van der Waals surface area contributed by atoms with Gasteiger partial charge >= 0.3 is 0 Å². The fourth-order valence-electron chi connectivity index (χ4n) is 2.14. The van der Waals surface area contributed by atoms with Crippen LogP contribution in [0.2, 0.25) is 0 Å². The van der Waals surface area contributed by atoms with Crippen molar-refractivity contribution in [3.63, 3.8) is 0 Å². The second-order valence-electron chi connectivity index (χ2n) is 4.45. The lowest BCUT2D eigenvalue weighted by molar-refractivity contribution is 0.200. The number of nitrogens with zero attached hydrogens (tertiary/aromatic N) is 1. The van der Waals surface area contributed by atoms with Crippen molar-refractivity contribution in [3.8, 4) is 0 Å². The van der Waals surface area contributed by atoms with Gasteiger partial charge in [0.05, 0.1) is 11.6 Å². The Morgan fingerprint density at radius 1 is 1.12 bits per heavy atom. The van der Waals surface area contributed by atoms with Gasteiger partial charge in [-0.1, -0.05) is 12.1 Å². The maximum atomic E-state index is 9.83. The van der Waals surface area contributed by atoms with Crippen molar-refractivity contribution in [2.45, 2.75) is 33.8 Å². The molecule has 2 nitrogen and oxygen atoms in total. The molecule has 0 spiro atoms. The number of rotatable bonds is 1. The standard InChI is InChI=1S/C14H17NO/c1-8-5-6-9(2)14-13(8)12(11(4)16)7-10(3)15-14/h5-7,11,16H,1-4H3. The van der Waals surface area contributed by atoms with Crippen LogP contribution in [0.1, 0.15) is 35.4 Å². The van der Waals surface area contributed by atoms with E-state index in [1.54, 1.807) is 6.92 Å². The highest BCUT2D eigenvalue weighted by Gasteiger charge is 2.12. The van der Waals surface area contributed by atoms with Crippen molar-refractivity contribution in [1.29, 1.82) is 0 Å². The first-order valence-electron chi connectivity index (χ1n) is 5.56. The third-order valence-corrected chi connectivity index (χ3v) is 2.98. The maximum absolute atomic E-state index is 9.83. The SMILES string of the molecule is Cc1cc(C(C)O)c2c(C)ccc(C)c2n1. The topological polar surface area (TPSA) is 33.1 Å². The van der Waals surface area contributed by atoms with Gasteiger partial charge in [0.1, 0.15) is 0 Å². The molecule has 2 aromatic rings. The molecule has 0 bridgehead atoms. The largest absolute Gasteiger partial charge is 0.389 e. The number of aromatic nitrogens is 1. The molecule has 1 aromatic carbocycles. The lowest BCUT2D eigenvalue weighted by Gasteiger charge is -2.14. The van der Waals surface area contributed by atoms with E-state index in [-0.39, 0.29) is 0 Å². The van der Waals surface area contributed by atoms with Crippen LogP contribution in [0.3, 0.4) is 0 Å². The highest BCUT2D eigenvalue weighted by molar-refractivity contribution is 5.88. The summed E-state index contributed by atoms with van der Waals surface area (Å²) in [6, 6.07) is 6.13. The van der Waals surface area contributed by atoms with Crippen LogP contribution in [0.4, 0.5) is 0 Å². The van der Waals surface area contributed by atoms with Crippen LogP contribution in [0, 0.1) is 20.8 Å². The van der Waals surface area contributed by atoms with Crippen LogP contribution in [0.25, 0.3) is 10.9 Å². The van der Waals surface area contributed by atoms with Crippen LogP contribution in [0.5, 0.6) is 0 Å². The van der Waals surface area contributed by atoms with Gasteiger partial charge in [-0.05, 0) is 50.5 Å². The third kappa shape index (κ3) is 1.69. The molecule has 1 atom stereocenters. The highest BCUT2D eigenvalue weighted by atomic mass is 16.3. The van der Waals surface area contributed by atoms with Crippen LogP contribution in [0.15, 0.2) is 18.2 Å². The predicted octanol–water partition coefficient (Wildman–Crippen LogP) is 3.21.